The number of nitrogens with zero attached hydrogens (tertiary/aromatic N) is 2. The van der Waals surface area contributed by atoms with E-state index in [1.54, 1.807) is 24.3 Å². The molecule has 3 N–H and O–H groups in total. The van der Waals surface area contributed by atoms with Crippen LogP contribution >= 0.6 is 11.6 Å². The summed E-state index contributed by atoms with van der Waals surface area (Å²) in [7, 11) is -2.67. The van der Waals surface area contributed by atoms with Crippen molar-refractivity contribution in [2.24, 2.45) is 0 Å². The Bertz CT molecular complexity index is 1580. The first-order valence-corrected chi connectivity index (χ1v) is 15.3. The Morgan fingerprint density at radius 3 is 2.71 bits per heavy atom. The maximum absolute atomic E-state index is 14.0. The predicted molar refractivity (Wildman–Crippen MR) is 155 cm³/mol. The van der Waals surface area contributed by atoms with E-state index in [-0.39, 0.29) is 28.8 Å². The number of hydrogen-bond donors (Lipinski definition) is 3. The minimum absolute atomic E-state index is 0.00918. The molecule has 0 aliphatic carbocycles. The highest BCUT2D eigenvalue weighted by Gasteiger charge is 2.40. The maximum atomic E-state index is 14.0. The van der Waals surface area contributed by atoms with Crippen LogP contribution in [-0.2, 0) is 26.1 Å². The van der Waals surface area contributed by atoms with Gasteiger partial charge in [0.05, 0.1) is 29.7 Å². The number of aliphatic hydroxyl groups excluding tert-OH is 1. The summed E-state index contributed by atoms with van der Waals surface area (Å²) >= 11 is 6.48. The van der Waals surface area contributed by atoms with Crippen LogP contribution < -0.4 is 15.4 Å². The Hall–Kier alpha value is -3.29. The highest BCUT2D eigenvalue weighted by atomic mass is 35.5. The number of carbonyl (C=O) groups is 1. The van der Waals surface area contributed by atoms with E-state index in [1.807, 2.05) is 0 Å². The third-order valence-corrected chi connectivity index (χ3v) is 9.86. The molecular formula is C29H32ClFN4O6S. The number of carbonyl (C=O) groups excluding carboxylic acids is 1. The van der Waals surface area contributed by atoms with Crippen molar-refractivity contribution in [3.05, 3.63) is 70.6 Å². The quantitative estimate of drug-likeness (QED) is 0.329. The second-order valence-electron chi connectivity index (χ2n) is 10.3. The monoisotopic (exact) mass is 618 g/mol. The molecule has 0 radical (unpaired) electrons. The average Bonchev–Trinajstić information content (AvgIpc) is 3.25. The fourth-order valence-electron chi connectivity index (χ4n) is 5.17. The molecule has 0 unspecified atom stereocenters. The predicted octanol–water partition coefficient (Wildman–Crippen LogP) is 3.88. The molecule has 2 atom stereocenters. The molecule has 1 fully saturated rings. The molecule has 2 aliphatic rings. The number of anilines is 1. The van der Waals surface area contributed by atoms with Gasteiger partial charge in [-0.05, 0) is 60.7 Å². The van der Waals surface area contributed by atoms with Gasteiger partial charge in [0, 0.05) is 43.6 Å². The molecule has 2 aliphatic heterocycles. The molecule has 10 nitrogen and oxygen atoms in total. The maximum Gasteiger partial charge on any atom is 0.244 e. The number of aliphatic hydroxyl groups is 1. The van der Waals surface area contributed by atoms with Gasteiger partial charge in [-0.2, -0.15) is 4.31 Å². The zero-order chi connectivity index (χ0) is 30.0. The molecule has 3 aromatic rings. The number of nitrogens with one attached hydrogen (secondary N) is 2. The number of rotatable bonds is 9. The van der Waals surface area contributed by atoms with Gasteiger partial charge in [-0.25, -0.2) is 17.8 Å². The molecule has 13 heteroatoms. The smallest absolute Gasteiger partial charge is 0.244 e. The average molecular weight is 619 g/mol. The number of pyridine rings is 1. The van der Waals surface area contributed by atoms with Crippen LogP contribution in [0, 0.1) is 5.82 Å². The lowest BCUT2D eigenvalue weighted by Gasteiger charge is -2.25. The molecule has 0 bridgehead atoms. The second-order valence-corrected chi connectivity index (χ2v) is 12.6. The summed E-state index contributed by atoms with van der Waals surface area (Å²) in [6.07, 6.45) is 3.24. The molecule has 1 amide bonds. The van der Waals surface area contributed by atoms with Crippen molar-refractivity contribution < 1.29 is 32.2 Å². The summed E-state index contributed by atoms with van der Waals surface area (Å²) < 4.78 is 52.9. The van der Waals surface area contributed by atoms with Crippen LogP contribution in [0.25, 0.3) is 11.1 Å². The number of ether oxygens (including phenoxy) is 2. The Morgan fingerprint density at radius 2 is 2.00 bits per heavy atom. The lowest BCUT2D eigenvalue weighted by Crippen LogP contribution is -2.46. The molecule has 0 spiro atoms. The molecule has 2 aromatic carbocycles. The number of aromatic nitrogens is 1. The van der Waals surface area contributed by atoms with Gasteiger partial charge in [0.25, 0.3) is 0 Å². The lowest BCUT2D eigenvalue weighted by molar-refractivity contribution is -0.125. The van der Waals surface area contributed by atoms with Crippen LogP contribution in [0.15, 0.2) is 53.6 Å². The fourth-order valence-corrected chi connectivity index (χ4v) is 7.19. The zero-order valence-electron chi connectivity index (χ0n) is 23.1. The topological polar surface area (TPSA) is 130 Å². The van der Waals surface area contributed by atoms with Gasteiger partial charge in [-0.3, -0.25) is 4.79 Å². The number of amides is 1. The minimum atomic E-state index is -4.05. The SMILES string of the molecule is COc1cc(F)cc([C@@H](CO)NC(=O)[C@@H](C)N2Cc3ccc(-c4cc(NC5CCOCC5)ncc4Cl)cc3S2(=O)=O)c1. The van der Waals surface area contributed by atoms with Crippen molar-refractivity contribution in [2.45, 2.75) is 49.3 Å². The van der Waals surface area contributed by atoms with E-state index in [2.05, 4.69) is 15.6 Å². The zero-order valence-corrected chi connectivity index (χ0v) is 24.7. The highest BCUT2D eigenvalue weighted by Crippen LogP contribution is 2.37. The fraction of sp³-hybridized carbons (Fsp3) is 0.379. The number of methoxy groups -OCH3 is 1. The molecule has 5 rings (SSSR count). The van der Waals surface area contributed by atoms with Gasteiger partial charge in [0.1, 0.15) is 23.4 Å². The molecular weight excluding hydrogens is 587 g/mol. The van der Waals surface area contributed by atoms with Crippen molar-refractivity contribution in [1.29, 1.82) is 0 Å². The first kappa shape index (κ1) is 30.2. The van der Waals surface area contributed by atoms with Gasteiger partial charge in [-0.15, -0.1) is 0 Å². The van der Waals surface area contributed by atoms with Crippen molar-refractivity contribution in [1.82, 2.24) is 14.6 Å². The van der Waals surface area contributed by atoms with Crippen LogP contribution in [-0.4, -0.2) is 67.7 Å². The number of halogens is 2. The van der Waals surface area contributed by atoms with E-state index >= 15 is 0 Å². The normalized spacial score (nSPS) is 18.2. The summed E-state index contributed by atoms with van der Waals surface area (Å²) in [4.78, 5) is 17.7. The third-order valence-electron chi connectivity index (χ3n) is 7.56. The minimum Gasteiger partial charge on any atom is -0.497 e. The van der Waals surface area contributed by atoms with Gasteiger partial charge in [0.15, 0.2) is 0 Å². The Balaban J connectivity index is 1.35. The number of hydrogen-bond acceptors (Lipinski definition) is 8. The Labute approximate surface area is 248 Å². The van der Waals surface area contributed by atoms with Gasteiger partial charge >= 0.3 is 0 Å². The van der Waals surface area contributed by atoms with Crippen molar-refractivity contribution in [3.8, 4) is 16.9 Å². The van der Waals surface area contributed by atoms with E-state index < -0.39 is 40.4 Å². The van der Waals surface area contributed by atoms with Crippen LogP contribution in [0.3, 0.4) is 0 Å². The van der Waals surface area contributed by atoms with E-state index in [0.29, 0.717) is 40.7 Å². The van der Waals surface area contributed by atoms with Crippen LogP contribution in [0.2, 0.25) is 5.02 Å². The van der Waals surface area contributed by atoms with E-state index in [0.717, 1.165) is 17.1 Å². The molecule has 224 valence electrons. The summed E-state index contributed by atoms with van der Waals surface area (Å²) in [6.45, 7) is 2.28. The van der Waals surface area contributed by atoms with Crippen molar-refractivity contribution in [3.63, 3.8) is 0 Å². The summed E-state index contributed by atoms with van der Waals surface area (Å²) in [5.41, 5.74) is 2.05. The van der Waals surface area contributed by atoms with Crippen LogP contribution in [0.4, 0.5) is 10.2 Å². The number of sulfonamides is 1. The van der Waals surface area contributed by atoms with E-state index in [4.69, 9.17) is 21.1 Å². The summed E-state index contributed by atoms with van der Waals surface area (Å²) in [5.74, 6) is -0.389. The Kier molecular flexibility index (Phi) is 9.00. The molecule has 0 saturated carbocycles. The first-order chi connectivity index (χ1) is 20.1. The number of fused-ring (bicyclic) bond motifs is 1. The largest absolute Gasteiger partial charge is 0.497 e. The van der Waals surface area contributed by atoms with E-state index in [9.17, 15) is 22.7 Å². The molecule has 42 heavy (non-hydrogen) atoms. The van der Waals surface area contributed by atoms with Gasteiger partial charge in [-0.1, -0.05) is 23.7 Å². The molecule has 3 heterocycles. The lowest BCUT2D eigenvalue weighted by atomic mass is 10.0. The standard InChI is InChI=1S/C29H32ClFN4O6S/c1-17(29(37)34-26(16-36)20-9-21(31)12-23(10-20)40-2)35-15-19-4-3-18(11-27(19)42(35,38)39)24-13-28(32-14-25(24)30)33-22-5-7-41-8-6-22/h3-4,9-14,17,22,26,36H,5-8,15-16H2,1-2H3,(H,32,33)(H,34,37)/t17-,26-/m1/s1. The first-order valence-electron chi connectivity index (χ1n) is 13.5. The van der Waals surface area contributed by atoms with Crippen molar-refractivity contribution >= 4 is 33.3 Å². The van der Waals surface area contributed by atoms with Crippen molar-refractivity contribution in [2.75, 3.05) is 32.2 Å². The number of benzene rings is 2. The molecule has 1 saturated heterocycles. The van der Waals surface area contributed by atoms with Gasteiger partial charge < -0.3 is 25.2 Å². The third kappa shape index (κ3) is 6.23. The van der Waals surface area contributed by atoms with Crippen LogP contribution in [0.5, 0.6) is 5.75 Å². The van der Waals surface area contributed by atoms with Crippen LogP contribution in [0.1, 0.15) is 36.9 Å². The molecule has 1 aromatic heterocycles. The highest BCUT2D eigenvalue weighted by molar-refractivity contribution is 7.89. The summed E-state index contributed by atoms with van der Waals surface area (Å²) in [6, 6.07) is 8.84. The van der Waals surface area contributed by atoms with Gasteiger partial charge in [0.2, 0.25) is 15.9 Å². The second kappa shape index (κ2) is 12.5. The Morgan fingerprint density at radius 1 is 1.24 bits per heavy atom. The summed E-state index contributed by atoms with van der Waals surface area (Å²) in [5, 5.41) is 16.3. The van der Waals surface area contributed by atoms with E-state index in [1.165, 1.54) is 38.4 Å².